The highest BCUT2D eigenvalue weighted by molar-refractivity contribution is 7.97. The van der Waals surface area contributed by atoms with E-state index < -0.39 is 0 Å². The number of rotatable bonds is 0. The molecule has 0 aliphatic heterocycles. The lowest BCUT2D eigenvalue weighted by atomic mass is 10.3. The molecule has 0 aliphatic rings. The van der Waals surface area contributed by atoms with E-state index in [4.69, 9.17) is 0 Å². The second kappa shape index (κ2) is 6.62. The molecule has 0 fully saturated rings. The summed E-state index contributed by atoms with van der Waals surface area (Å²) in [5.41, 5.74) is 1.21. The zero-order valence-corrected chi connectivity index (χ0v) is 7.48. The van der Waals surface area contributed by atoms with Gasteiger partial charge in [0.25, 0.3) is 0 Å². The smallest absolute Gasteiger partial charge is 0.0297 e. The summed E-state index contributed by atoms with van der Waals surface area (Å²) < 4.78 is 0. The van der Waals surface area contributed by atoms with Crippen LogP contribution in [0.4, 0.5) is 0 Å². The average Bonchev–Trinajstić information content (AvgIpc) is 1.91. The SMILES string of the molecule is CSC.Cc1cccnc1. The Labute approximate surface area is 66.9 Å². The average molecular weight is 155 g/mol. The van der Waals surface area contributed by atoms with Gasteiger partial charge in [-0.05, 0) is 31.1 Å². The van der Waals surface area contributed by atoms with Crippen molar-refractivity contribution in [1.82, 2.24) is 4.98 Å². The molecule has 2 heteroatoms. The Morgan fingerprint density at radius 1 is 1.40 bits per heavy atom. The van der Waals surface area contributed by atoms with Crippen molar-refractivity contribution in [3.05, 3.63) is 30.1 Å². The van der Waals surface area contributed by atoms with Gasteiger partial charge in [-0.3, -0.25) is 4.98 Å². The van der Waals surface area contributed by atoms with E-state index in [1.165, 1.54) is 5.56 Å². The van der Waals surface area contributed by atoms with Gasteiger partial charge in [0.2, 0.25) is 0 Å². The Bertz CT molecular complexity index is 151. The molecule has 1 aromatic heterocycles. The first-order valence-electron chi connectivity index (χ1n) is 3.08. The van der Waals surface area contributed by atoms with E-state index in [2.05, 4.69) is 4.98 Å². The fraction of sp³-hybridized carbons (Fsp3) is 0.375. The molecule has 0 unspecified atom stereocenters. The molecule has 0 N–H and O–H groups in total. The third-order valence-corrected chi connectivity index (χ3v) is 0.809. The molecule has 0 radical (unpaired) electrons. The van der Waals surface area contributed by atoms with Crippen molar-refractivity contribution in [3.63, 3.8) is 0 Å². The summed E-state index contributed by atoms with van der Waals surface area (Å²) in [6.07, 6.45) is 7.69. The van der Waals surface area contributed by atoms with Crippen LogP contribution in [0.25, 0.3) is 0 Å². The maximum Gasteiger partial charge on any atom is 0.0297 e. The van der Waals surface area contributed by atoms with Gasteiger partial charge < -0.3 is 0 Å². The molecule has 1 nitrogen and oxygen atoms in total. The number of hydrogen-bond acceptors (Lipinski definition) is 2. The van der Waals surface area contributed by atoms with Gasteiger partial charge in [0, 0.05) is 12.4 Å². The van der Waals surface area contributed by atoms with E-state index in [1.54, 1.807) is 18.0 Å². The highest BCUT2D eigenvalue weighted by Crippen LogP contribution is 1.88. The lowest BCUT2D eigenvalue weighted by Gasteiger charge is -1.82. The molecule has 56 valence electrons. The van der Waals surface area contributed by atoms with Gasteiger partial charge in [-0.1, -0.05) is 6.07 Å². The van der Waals surface area contributed by atoms with Gasteiger partial charge in [-0.2, -0.15) is 11.8 Å². The third-order valence-electron chi connectivity index (χ3n) is 0.809. The lowest BCUT2D eigenvalue weighted by Crippen LogP contribution is -1.69. The van der Waals surface area contributed by atoms with Crippen molar-refractivity contribution in [2.24, 2.45) is 0 Å². The summed E-state index contributed by atoms with van der Waals surface area (Å²) >= 11 is 1.75. The molecule has 0 saturated carbocycles. The Hall–Kier alpha value is -0.500. The largest absolute Gasteiger partial charge is 0.264 e. The highest BCUT2D eigenvalue weighted by atomic mass is 32.2. The van der Waals surface area contributed by atoms with Crippen LogP contribution in [0.3, 0.4) is 0 Å². The molecule has 0 saturated heterocycles. The van der Waals surface area contributed by atoms with E-state index in [-0.39, 0.29) is 0 Å². The monoisotopic (exact) mass is 155 g/mol. The van der Waals surface area contributed by atoms with Crippen LogP contribution >= 0.6 is 11.8 Å². The Morgan fingerprint density at radius 3 is 2.20 bits per heavy atom. The topological polar surface area (TPSA) is 12.9 Å². The predicted octanol–water partition coefficient (Wildman–Crippen LogP) is 2.37. The molecule has 1 aromatic rings. The van der Waals surface area contributed by atoms with Crippen LogP contribution < -0.4 is 0 Å². The fourth-order valence-corrected chi connectivity index (χ4v) is 0.448. The molecule has 1 heterocycles. The molecule has 0 aliphatic carbocycles. The minimum Gasteiger partial charge on any atom is -0.264 e. The summed E-state index contributed by atoms with van der Waals surface area (Å²) in [4.78, 5) is 3.88. The zero-order chi connectivity index (χ0) is 7.82. The highest BCUT2D eigenvalue weighted by Gasteiger charge is 1.73. The molecule has 0 atom stereocenters. The maximum atomic E-state index is 3.88. The first-order chi connectivity index (χ1) is 4.81. The molecule has 0 bridgehead atoms. The van der Waals surface area contributed by atoms with Gasteiger partial charge in [0.1, 0.15) is 0 Å². The number of thioether (sulfide) groups is 1. The van der Waals surface area contributed by atoms with Crippen LogP contribution in [-0.2, 0) is 0 Å². The number of pyridine rings is 1. The van der Waals surface area contributed by atoms with Crippen LogP contribution in [-0.4, -0.2) is 17.5 Å². The van der Waals surface area contributed by atoms with Crippen molar-refractivity contribution in [1.29, 1.82) is 0 Å². The van der Waals surface area contributed by atoms with Gasteiger partial charge in [-0.15, -0.1) is 0 Å². The standard InChI is InChI=1S/C6H7N.C2H6S/c1-6-3-2-4-7-5-6;1-3-2/h2-5H,1H3;1-2H3. The van der Waals surface area contributed by atoms with Gasteiger partial charge >= 0.3 is 0 Å². The van der Waals surface area contributed by atoms with E-state index >= 15 is 0 Å². The number of aromatic nitrogens is 1. The maximum absolute atomic E-state index is 3.88. The van der Waals surface area contributed by atoms with E-state index in [0.29, 0.717) is 0 Å². The summed E-state index contributed by atoms with van der Waals surface area (Å²) in [5, 5.41) is 0. The van der Waals surface area contributed by atoms with Crippen LogP contribution in [0.5, 0.6) is 0 Å². The van der Waals surface area contributed by atoms with Crippen molar-refractivity contribution in [3.8, 4) is 0 Å². The Kier molecular flexibility index (Phi) is 6.29. The van der Waals surface area contributed by atoms with Crippen LogP contribution in [0, 0.1) is 6.92 Å². The minimum absolute atomic E-state index is 1.21. The summed E-state index contributed by atoms with van der Waals surface area (Å²) in [6, 6.07) is 3.95. The molecular formula is C8H13NS. The second-order valence-corrected chi connectivity index (χ2v) is 2.76. The van der Waals surface area contributed by atoms with Gasteiger partial charge in [0.05, 0.1) is 0 Å². The normalized spacial score (nSPS) is 7.90. The zero-order valence-electron chi connectivity index (χ0n) is 6.66. The van der Waals surface area contributed by atoms with Crippen LogP contribution in [0.2, 0.25) is 0 Å². The van der Waals surface area contributed by atoms with Crippen molar-refractivity contribution < 1.29 is 0 Å². The van der Waals surface area contributed by atoms with Gasteiger partial charge in [-0.25, -0.2) is 0 Å². The molecule has 1 rings (SSSR count). The van der Waals surface area contributed by atoms with Crippen LogP contribution in [0.1, 0.15) is 5.56 Å². The van der Waals surface area contributed by atoms with Crippen molar-refractivity contribution in [2.75, 3.05) is 12.5 Å². The molecule has 0 spiro atoms. The molecule has 0 aromatic carbocycles. The summed E-state index contributed by atoms with van der Waals surface area (Å²) in [7, 11) is 0. The summed E-state index contributed by atoms with van der Waals surface area (Å²) in [5.74, 6) is 0. The fourth-order valence-electron chi connectivity index (χ4n) is 0.448. The molecule has 10 heavy (non-hydrogen) atoms. The first-order valence-corrected chi connectivity index (χ1v) is 4.71. The van der Waals surface area contributed by atoms with Gasteiger partial charge in [0.15, 0.2) is 0 Å². The molecule has 0 amide bonds. The Balaban J connectivity index is 0.000000236. The molecular weight excluding hydrogens is 142 g/mol. The Morgan fingerprint density at radius 2 is 2.00 bits per heavy atom. The lowest BCUT2D eigenvalue weighted by molar-refractivity contribution is 1.27. The summed E-state index contributed by atoms with van der Waals surface area (Å²) in [6.45, 7) is 2.02. The predicted molar refractivity (Wildman–Crippen MR) is 48.4 cm³/mol. The van der Waals surface area contributed by atoms with Crippen molar-refractivity contribution in [2.45, 2.75) is 6.92 Å². The van der Waals surface area contributed by atoms with E-state index in [1.807, 2.05) is 37.8 Å². The number of aryl methyl sites for hydroxylation is 1. The quantitative estimate of drug-likeness (QED) is 0.570. The number of nitrogens with zero attached hydrogens (tertiary/aromatic N) is 1. The number of hydrogen-bond donors (Lipinski definition) is 0. The second-order valence-electron chi connectivity index (χ2n) is 1.94. The van der Waals surface area contributed by atoms with E-state index in [0.717, 1.165) is 0 Å². The van der Waals surface area contributed by atoms with Crippen molar-refractivity contribution >= 4 is 11.8 Å². The third kappa shape index (κ3) is 5.63. The first kappa shape index (κ1) is 9.50. The van der Waals surface area contributed by atoms with E-state index in [9.17, 15) is 0 Å². The van der Waals surface area contributed by atoms with Crippen LogP contribution in [0.15, 0.2) is 24.5 Å². The minimum atomic E-state index is 1.21.